The van der Waals surface area contributed by atoms with Gasteiger partial charge in [-0.15, -0.1) is 0 Å². The van der Waals surface area contributed by atoms with Crippen molar-refractivity contribution >= 4 is 0 Å². The van der Waals surface area contributed by atoms with Gasteiger partial charge in [0.25, 0.3) is 0 Å². The second kappa shape index (κ2) is 6.05. The Morgan fingerprint density at radius 3 is 2.00 bits per heavy atom. The second-order valence-corrected chi connectivity index (χ2v) is 6.41. The normalized spacial score (nSPS) is 31.7. The van der Waals surface area contributed by atoms with Crippen LogP contribution in [0.1, 0.15) is 53.9 Å². The lowest BCUT2D eigenvalue weighted by atomic mass is 9.64. The molecule has 0 bridgehead atoms. The fraction of sp³-hybridized carbons (Fsp3) is 1.00. The molecule has 1 rings (SSSR count). The summed E-state index contributed by atoms with van der Waals surface area (Å²) < 4.78 is 0. The SMILES string of the molecule is CNC1CCCC(C(C(C)C)C(C)C)C1C. The molecule has 0 saturated heterocycles. The van der Waals surface area contributed by atoms with E-state index in [1.165, 1.54) is 19.3 Å². The summed E-state index contributed by atoms with van der Waals surface area (Å²) in [5, 5.41) is 3.52. The molecule has 1 fully saturated rings. The van der Waals surface area contributed by atoms with Crippen molar-refractivity contribution in [2.24, 2.45) is 29.6 Å². The van der Waals surface area contributed by atoms with Crippen LogP contribution in [0.2, 0.25) is 0 Å². The van der Waals surface area contributed by atoms with E-state index in [1.54, 1.807) is 0 Å². The van der Waals surface area contributed by atoms with Gasteiger partial charge in [-0.25, -0.2) is 0 Å². The van der Waals surface area contributed by atoms with Gasteiger partial charge in [0.15, 0.2) is 0 Å². The van der Waals surface area contributed by atoms with Crippen LogP contribution in [0.3, 0.4) is 0 Å². The Labute approximate surface area is 102 Å². The van der Waals surface area contributed by atoms with Crippen molar-refractivity contribution in [1.82, 2.24) is 5.32 Å². The summed E-state index contributed by atoms with van der Waals surface area (Å²) >= 11 is 0. The van der Waals surface area contributed by atoms with Crippen LogP contribution < -0.4 is 5.32 Å². The highest BCUT2D eigenvalue weighted by Gasteiger charge is 2.36. The third-order valence-corrected chi connectivity index (χ3v) is 4.77. The highest BCUT2D eigenvalue weighted by molar-refractivity contribution is 4.88. The lowest BCUT2D eigenvalue weighted by Crippen LogP contribution is -2.43. The summed E-state index contributed by atoms with van der Waals surface area (Å²) in [6.07, 6.45) is 4.23. The lowest BCUT2D eigenvalue weighted by Gasteiger charge is -2.43. The standard InChI is InChI=1S/C15H31N/c1-10(2)15(11(3)4)13-8-7-9-14(16-6)12(13)5/h10-16H,7-9H2,1-6H3. The van der Waals surface area contributed by atoms with Gasteiger partial charge in [0.2, 0.25) is 0 Å². The van der Waals surface area contributed by atoms with Gasteiger partial charge in [-0.05, 0) is 49.5 Å². The van der Waals surface area contributed by atoms with Gasteiger partial charge >= 0.3 is 0 Å². The fourth-order valence-corrected chi connectivity index (χ4v) is 4.11. The number of nitrogens with one attached hydrogen (secondary N) is 1. The molecule has 16 heavy (non-hydrogen) atoms. The zero-order chi connectivity index (χ0) is 12.3. The predicted octanol–water partition coefficient (Wildman–Crippen LogP) is 3.94. The van der Waals surface area contributed by atoms with Crippen molar-refractivity contribution in [3.05, 3.63) is 0 Å². The molecule has 0 aromatic heterocycles. The molecule has 0 spiro atoms. The van der Waals surface area contributed by atoms with Crippen molar-refractivity contribution in [3.8, 4) is 0 Å². The molecule has 0 heterocycles. The molecule has 1 saturated carbocycles. The molecule has 0 amide bonds. The Morgan fingerprint density at radius 2 is 1.56 bits per heavy atom. The Morgan fingerprint density at radius 1 is 1.00 bits per heavy atom. The van der Waals surface area contributed by atoms with Crippen LogP contribution in [0.15, 0.2) is 0 Å². The van der Waals surface area contributed by atoms with Crippen molar-refractivity contribution < 1.29 is 0 Å². The molecule has 0 aliphatic heterocycles. The van der Waals surface area contributed by atoms with Gasteiger partial charge in [-0.3, -0.25) is 0 Å². The molecule has 3 atom stereocenters. The van der Waals surface area contributed by atoms with Crippen LogP contribution in [-0.2, 0) is 0 Å². The van der Waals surface area contributed by atoms with Crippen LogP contribution in [0.4, 0.5) is 0 Å². The van der Waals surface area contributed by atoms with Crippen LogP contribution in [0.25, 0.3) is 0 Å². The summed E-state index contributed by atoms with van der Waals surface area (Å²) in [6.45, 7) is 12.1. The first-order chi connectivity index (χ1) is 7.49. The molecule has 1 aliphatic carbocycles. The molecule has 0 aromatic carbocycles. The Bertz CT molecular complexity index is 190. The minimum atomic E-state index is 0.749. The van der Waals surface area contributed by atoms with Gasteiger partial charge < -0.3 is 5.32 Å². The Balaban J connectivity index is 2.75. The molecule has 96 valence electrons. The van der Waals surface area contributed by atoms with E-state index >= 15 is 0 Å². The molecule has 1 N–H and O–H groups in total. The van der Waals surface area contributed by atoms with Crippen LogP contribution in [0.5, 0.6) is 0 Å². The maximum atomic E-state index is 3.52. The average molecular weight is 225 g/mol. The maximum Gasteiger partial charge on any atom is 0.00924 e. The molecule has 1 nitrogen and oxygen atoms in total. The summed E-state index contributed by atoms with van der Waals surface area (Å²) in [6, 6.07) is 0.749. The van der Waals surface area contributed by atoms with E-state index in [2.05, 4.69) is 47.0 Å². The van der Waals surface area contributed by atoms with Crippen molar-refractivity contribution in [2.75, 3.05) is 7.05 Å². The number of hydrogen-bond donors (Lipinski definition) is 1. The molecule has 3 unspecified atom stereocenters. The maximum absolute atomic E-state index is 3.52. The number of rotatable bonds is 4. The Kier molecular flexibility index (Phi) is 5.30. The van der Waals surface area contributed by atoms with Crippen LogP contribution in [-0.4, -0.2) is 13.1 Å². The van der Waals surface area contributed by atoms with E-state index in [4.69, 9.17) is 0 Å². The molecule has 1 heteroatoms. The predicted molar refractivity (Wildman–Crippen MR) is 72.5 cm³/mol. The topological polar surface area (TPSA) is 12.0 Å². The van der Waals surface area contributed by atoms with Gasteiger partial charge in [0, 0.05) is 6.04 Å². The van der Waals surface area contributed by atoms with Gasteiger partial charge in [0.1, 0.15) is 0 Å². The third kappa shape index (κ3) is 3.00. The summed E-state index contributed by atoms with van der Waals surface area (Å²) in [5.41, 5.74) is 0. The molecular formula is C15H31N. The zero-order valence-electron chi connectivity index (χ0n) is 12.1. The van der Waals surface area contributed by atoms with E-state index in [0.29, 0.717) is 0 Å². The van der Waals surface area contributed by atoms with E-state index in [9.17, 15) is 0 Å². The number of hydrogen-bond acceptors (Lipinski definition) is 1. The highest BCUT2D eigenvalue weighted by atomic mass is 14.9. The van der Waals surface area contributed by atoms with Gasteiger partial charge in [0.05, 0.1) is 0 Å². The first-order valence-corrected chi connectivity index (χ1v) is 7.16. The first-order valence-electron chi connectivity index (χ1n) is 7.16. The van der Waals surface area contributed by atoms with Crippen molar-refractivity contribution in [1.29, 1.82) is 0 Å². The summed E-state index contributed by atoms with van der Waals surface area (Å²) in [7, 11) is 2.13. The van der Waals surface area contributed by atoms with E-state index in [0.717, 1.165) is 35.6 Å². The zero-order valence-corrected chi connectivity index (χ0v) is 12.1. The van der Waals surface area contributed by atoms with E-state index in [-0.39, 0.29) is 0 Å². The monoisotopic (exact) mass is 225 g/mol. The van der Waals surface area contributed by atoms with Crippen LogP contribution >= 0.6 is 0 Å². The minimum Gasteiger partial charge on any atom is -0.317 e. The van der Waals surface area contributed by atoms with E-state index in [1.807, 2.05) is 0 Å². The van der Waals surface area contributed by atoms with E-state index < -0.39 is 0 Å². The average Bonchev–Trinajstić information content (AvgIpc) is 2.20. The lowest BCUT2D eigenvalue weighted by molar-refractivity contribution is 0.0786. The molecular weight excluding hydrogens is 194 g/mol. The highest BCUT2D eigenvalue weighted by Crippen LogP contribution is 2.41. The Hall–Kier alpha value is -0.0400. The third-order valence-electron chi connectivity index (χ3n) is 4.77. The first kappa shape index (κ1) is 14.0. The van der Waals surface area contributed by atoms with Crippen molar-refractivity contribution in [2.45, 2.75) is 59.9 Å². The fourth-order valence-electron chi connectivity index (χ4n) is 4.11. The smallest absolute Gasteiger partial charge is 0.00924 e. The largest absolute Gasteiger partial charge is 0.317 e. The summed E-state index contributed by atoms with van der Waals surface area (Å²) in [5.74, 6) is 4.30. The van der Waals surface area contributed by atoms with Gasteiger partial charge in [-0.2, -0.15) is 0 Å². The quantitative estimate of drug-likeness (QED) is 0.764. The van der Waals surface area contributed by atoms with Crippen molar-refractivity contribution in [3.63, 3.8) is 0 Å². The van der Waals surface area contributed by atoms with Gasteiger partial charge in [-0.1, -0.05) is 41.0 Å². The summed E-state index contributed by atoms with van der Waals surface area (Å²) in [4.78, 5) is 0. The van der Waals surface area contributed by atoms with Crippen LogP contribution in [0, 0.1) is 29.6 Å². The second-order valence-electron chi connectivity index (χ2n) is 6.41. The molecule has 0 aromatic rings. The molecule has 0 radical (unpaired) electrons. The molecule has 1 aliphatic rings. The minimum absolute atomic E-state index is 0.749.